The van der Waals surface area contributed by atoms with E-state index >= 15 is 0 Å². The van der Waals surface area contributed by atoms with E-state index in [-0.39, 0.29) is 11.9 Å². The molecule has 1 saturated heterocycles. The van der Waals surface area contributed by atoms with Gasteiger partial charge in [0.1, 0.15) is 11.6 Å². The lowest BCUT2D eigenvalue weighted by molar-refractivity contribution is -0.119. The lowest BCUT2D eigenvalue weighted by atomic mass is 10.1. The Morgan fingerprint density at radius 1 is 1.24 bits per heavy atom. The first-order chi connectivity index (χ1) is 14.0. The third-order valence-electron chi connectivity index (χ3n) is 5.09. The summed E-state index contributed by atoms with van der Waals surface area (Å²) in [6.45, 7) is 5.09. The van der Waals surface area contributed by atoms with Crippen LogP contribution in [0.5, 0.6) is 11.5 Å². The summed E-state index contributed by atoms with van der Waals surface area (Å²) in [5, 5.41) is 6.16. The number of hydrogen-bond donors (Lipinski definition) is 1. The zero-order valence-corrected chi connectivity index (χ0v) is 17.8. The molecule has 4 rings (SSSR count). The first-order valence-corrected chi connectivity index (χ1v) is 10.4. The van der Waals surface area contributed by atoms with Crippen molar-refractivity contribution in [2.45, 2.75) is 26.3 Å². The Morgan fingerprint density at radius 2 is 2.03 bits per heavy atom. The van der Waals surface area contributed by atoms with Gasteiger partial charge < -0.3 is 19.7 Å². The van der Waals surface area contributed by atoms with Crippen molar-refractivity contribution in [2.75, 3.05) is 32.2 Å². The van der Waals surface area contributed by atoms with Gasteiger partial charge in [0.05, 0.1) is 30.0 Å². The minimum Gasteiger partial charge on any atom is -0.493 e. The topological polar surface area (TPSA) is 76.6 Å². The highest BCUT2D eigenvalue weighted by atomic mass is 32.1. The van der Waals surface area contributed by atoms with Gasteiger partial charge in [-0.1, -0.05) is 0 Å². The SMILES string of the molecule is COc1ccc(-c2scc3c(N4CC[C@@H](NC(C)=O)C4)nc(C)nc23)cc1OC. The first kappa shape index (κ1) is 19.4. The fraction of sp³-hybridized carbons (Fsp3) is 0.381. The van der Waals surface area contributed by atoms with Crippen LogP contribution in [-0.2, 0) is 4.79 Å². The molecule has 8 heteroatoms. The number of anilines is 1. The van der Waals surface area contributed by atoms with Crippen LogP contribution in [0.15, 0.2) is 23.6 Å². The fourth-order valence-electron chi connectivity index (χ4n) is 3.80. The van der Waals surface area contributed by atoms with E-state index in [1.165, 1.54) is 0 Å². The van der Waals surface area contributed by atoms with Crippen molar-refractivity contribution in [1.82, 2.24) is 15.3 Å². The standard InChI is InChI=1S/C21H24N4O3S/c1-12-22-19-16(21(23-12)25-8-7-15(10-25)24-13(2)26)11-29-20(19)14-5-6-17(27-3)18(9-14)28-4/h5-6,9,11,15H,7-8,10H2,1-4H3,(H,24,26)/t15-/m1/s1. The number of thiophene rings is 1. The molecule has 0 spiro atoms. The number of nitrogens with one attached hydrogen (secondary N) is 1. The van der Waals surface area contributed by atoms with Gasteiger partial charge in [-0.15, -0.1) is 11.3 Å². The Labute approximate surface area is 173 Å². The third kappa shape index (κ3) is 3.72. The molecule has 3 aromatic rings. The molecule has 1 atom stereocenters. The molecule has 1 fully saturated rings. The number of rotatable bonds is 5. The summed E-state index contributed by atoms with van der Waals surface area (Å²) in [6, 6.07) is 6.06. The first-order valence-electron chi connectivity index (χ1n) is 9.50. The summed E-state index contributed by atoms with van der Waals surface area (Å²) >= 11 is 1.65. The van der Waals surface area contributed by atoms with Gasteiger partial charge in [0.25, 0.3) is 0 Å². The van der Waals surface area contributed by atoms with Crippen LogP contribution < -0.4 is 19.7 Å². The molecule has 1 N–H and O–H groups in total. The van der Waals surface area contributed by atoms with Gasteiger partial charge in [0.15, 0.2) is 11.5 Å². The van der Waals surface area contributed by atoms with Crippen LogP contribution in [0.1, 0.15) is 19.2 Å². The number of amides is 1. The second-order valence-electron chi connectivity index (χ2n) is 7.12. The second-order valence-corrected chi connectivity index (χ2v) is 8.00. The Balaban J connectivity index is 1.74. The normalized spacial score (nSPS) is 16.3. The minimum atomic E-state index is 0.00661. The zero-order valence-electron chi connectivity index (χ0n) is 17.0. The predicted molar refractivity (Wildman–Crippen MR) is 115 cm³/mol. The van der Waals surface area contributed by atoms with Gasteiger partial charge in [-0.2, -0.15) is 0 Å². The van der Waals surface area contributed by atoms with Crippen LogP contribution in [0.4, 0.5) is 5.82 Å². The van der Waals surface area contributed by atoms with E-state index in [0.29, 0.717) is 11.5 Å². The molecule has 3 heterocycles. The van der Waals surface area contributed by atoms with Crippen molar-refractivity contribution in [2.24, 2.45) is 0 Å². The number of aromatic nitrogens is 2. The summed E-state index contributed by atoms with van der Waals surface area (Å²) in [5.74, 6) is 3.06. The Hall–Kier alpha value is -2.87. The molecule has 1 aromatic carbocycles. The highest BCUT2D eigenvalue weighted by Crippen LogP contribution is 2.41. The van der Waals surface area contributed by atoms with Gasteiger partial charge in [-0.25, -0.2) is 9.97 Å². The molecular formula is C21H24N4O3S. The van der Waals surface area contributed by atoms with Gasteiger partial charge in [-0.3, -0.25) is 4.79 Å². The minimum absolute atomic E-state index is 0.00661. The lowest BCUT2D eigenvalue weighted by Gasteiger charge is -2.19. The molecule has 0 radical (unpaired) electrons. The van der Waals surface area contributed by atoms with Crippen LogP contribution >= 0.6 is 11.3 Å². The molecule has 0 aliphatic carbocycles. The maximum Gasteiger partial charge on any atom is 0.217 e. The molecule has 29 heavy (non-hydrogen) atoms. The maximum atomic E-state index is 11.4. The third-order valence-corrected chi connectivity index (χ3v) is 6.11. The molecule has 1 amide bonds. The van der Waals surface area contributed by atoms with Gasteiger partial charge >= 0.3 is 0 Å². The Morgan fingerprint density at radius 3 is 2.76 bits per heavy atom. The molecule has 1 aliphatic heterocycles. The van der Waals surface area contributed by atoms with Crippen molar-refractivity contribution in [3.63, 3.8) is 0 Å². The molecule has 2 aromatic heterocycles. The summed E-state index contributed by atoms with van der Waals surface area (Å²) in [7, 11) is 3.27. The number of carbonyl (C=O) groups is 1. The summed E-state index contributed by atoms with van der Waals surface area (Å²) in [6.07, 6.45) is 0.913. The number of aryl methyl sites for hydroxylation is 1. The largest absolute Gasteiger partial charge is 0.493 e. The maximum absolute atomic E-state index is 11.4. The Kier molecular flexibility index (Phi) is 5.27. The average molecular weight is 413 g/mol. The fourth-order valence-corrected chi connectivity index (χ4v) is 4.79. The van der Waals surface area contributed by atoms with Gasteiger partial charge in [0.2, 0.25) is 5.91 Å². The van der Waals surface area contributed by atoms with Crippen LogP contribution in [0.2, 0.25) is 0 Å². The highest BCUT2D eigenvalue weighted by Gasteiger charge is 2.27. The van der Waals surface area contributed by atoms with Crippen molar-refractivity contribution in [3.8, 4) is 21.9 Å². The van der Waals surface area contributed by atoms with Crippen molar-refractivity contribution in [3.05, 3.63) is 29.4 Å². The Bertz CT molecular complexity index is 1070. The molecule has 0 bridgehead atoms. The van der Waals surface area contributed by atoms with E-state index in [9.17, 15) is 4.79 Å². The van der Waals surface area contributed by atoms with Crippen molar-refractivity contribution >= 4 is 34.0 Å². The van der Waals surface area contributed by atoms with E-state index in [1.807, 2.05) is 25.1 Å². The van der Waals surface area contributed by atoms with Gasteiger partial charge in [0, 0.05) is 31.4 Å². The van der Waals surface area contributed by atoms with Gasteiger partial charge in [-0.05, 0) is 37.1 Å². The van der Waals surface area contributed by atoms with E-state index in [2.05, 4.69) is 15.6 Å². The summed E-state index contributed by atoms with van der Waals surface area (Å²) in [5.41, 5.74) is 1.97. The number of benzene rings is 1. The van der Waals surface area contributed by atoms with Crippen molar-refractivity contribution in [1.29, 1.82) is 0 Å². The van der Waals surface area contributed by atoms with E-state index in [4.69, 9.17) is 19.4 Å². The smallest absolute Gasteiger partial charge is 0.217 e. The summed E-state index contributed by atoms with van der Waals surface area (Å²) in [4.78, 5) is 24.2. The summed E-state index contributed by atoms with van der Waals surface area (Å²) < 4.78 is 10.8. The second kappa shape index (κ2) is 7.87. The van der Waals surface area contributed by atoms with Crippen LogP contribution in [0, 0.1) is 6.92 Å². The van der Waals surface area contributed by atoms with E-state index in [0.717, 1.165) is 52.5 Å². The van der Waals surface area contributed by atoms with E-state index < -0.39 is 0 Å². The van der Waals surface area contributed by atoms with Crippen LogP contribution in [0.25, 0.3) is 21.3 Å². The van der Waals surface area contributed by atoms with Crippen LogP contribution in [-0.4, -0.2) is 49.2 Å². The average Bonchev–Trinajstić information content (AvgIpc) is 3.33. The number of carbonyl (C=O) groups excluding carboxylic acids is 1. The molecule has 152 valence electrons. The highest BCUT2D eigenvalue weighted by molar-refractivity contribution is 7.15. The van der Waals surface area contributed by atoms with Crippen molar-refractivity contribution < 1.29 is 14.3 Å². The molecule has 0 unspecified atom stereocenters. The number of methoxy groups -OCH3 is 2. The lowest BCUT2D eigenvalue weighted by Crippen LogP contribution is -2.35. The number of nitrogens with zero attached hydrogens (tertiary/aromatic N) is 3. The zero-order chi connectivity index (χ0) is 20.5. The van der Waals surface area contributed by atoms with Crippen LogP contribution in [0.3, 0.4) is 0 Å². The molecular weight excluding hydrogens is 388 g/mol. The number of hydrogen-bond acceptors (Lipinski definition) is 7. The monoisotopic (exact) mass is 412 g/mol. The molecule has 0 saturated carbocycles. The quantitative estimate of drug-likeness (QED) is 0.692. The molecule has 7 nitrogen and oxygen atoms in total. The predicted octanol–water partition coefficient (Wildman–Crippen LogP) is 3.40. The number of fused-ring (bicyclic) bond motifs is 1. The number of ether oxygens (including phenoxy) is 2. The van der Waals surface area contributed by atoms with E-state index in [1.54, 1.807) is 32.5 Å². The molecule has 1 aliphatic rings.